The fourth-order valence-electron chi connectivity index (χ4n) is 1.75. The van der Waals surface area contributed by atoms with Gasteiger partial charge in [-0.1, -0.05) is 24.6 Å². The lowest BCUT2D eigenvalue weighted by atomic mass is 10.1. The summed E-state index contributed by atoms with van der Waals surface area (Å²) in [6, 6.07) is 11.0. The van der Waals surface area contributed by atoms with Crippen molar-refractivity contribution in [1.82, 2.24) is 10.3 Å². The summed E-state index contributed by atoms with van der Waals surface area (Å²) in [5.41, 5.74) is 2.35. The first-order valence-electron chi connectivity index (χ1n) is 6.70. The molecular weight excluding hydrogens is 286 g/mol. The molecule has 0 bridgehead atoms. The first-order valence-corrected chi connectivity index (χ1v) is 7.07. The highest BCUT2D eigenvalue weighted by Gasteiger charge is 2.03. The van der Waals surface area contributed by atoms with Gasteiger partial charge in [0.15, 0.2) is 0 Å². The standard InChI is InChI=1S/C16H16ClN3O/c1-2-19-9-14-5-6-15(10-20-14)21-11-13-4-3-12(8-18)7-16(13)17/h3-7,10,19H,2,9,11H2,1H3. The van der Waals surface area contributed by atoms with E-state index in [0.717, 1.165) is 24.3 Å². The summed E-state index contributed by atoms with van der Waals surface area (Å²) in [6.45, 7) is 4.06. The monoisotopic (exact) mass is 301 g/mol. The van der Waals surface area contributed by atoms with Gasteiger partial charge in [0.1, 0.15) is 12.4 Å². The van der Waals surface area contributed by atoms with E-state index < -0.39 is 0 Å². The number of pyridine rings is 1. The topological polar surface area (TPSA) is 57.9 Å². The highest BCUT2D eigenvalue weighted by Crippen LogP contribution is 2.20. The molecule has 0 atom stereocenters. The third-order valence-corrected chi connectivity index (χ3v) is 3.28. The molecule has 5 heteroatoms. The summed E-state index contributed by atoms with van der Waals surface area (Å²) in [5.74, 6) is 0.690. The van der Waals surface area contributed by atoms with Crippen molar-refractivity contribution in [1.29, 1.82) is 5.26 Å². The largest absolute Gasteiger partial charge is 0.487 e. The summed E-state index contributed by atoms with van der Waals surface area (Å²) in [4.78, 5) is 4.31. The summed E-state index contributed by atoms with van der Waals surface area (Å²) < 4.78 is 5.66. The number of rotatable bonds is 6. The Hall–Kier alpha value is -2.09. The van der Waals surface area contributed by atoms with E-state index in [-0.39, 0.29) is 0 Å². The Labute approximate surface area is 129 Å². The number of benzene rings is 1. The number of nitriles is 1. The van der Waals surface area contributed by atoms with Gasteiger partial charge in [0.05, 0.1) is 23.5 Å². The van der Waals surface area contributed by atoms with Crippen LogP contribution in [0.4, 0.5) is 0 Å². The van der Waals surface area contributed by atoms with Gasteiger partial charge in [-0.15, -0.1) is 0 Å². The maximum Gasteiger partial charge on any atom is 0.138 e. The minimum absolute atomic E-state index is 0.346. The van der Waals surface area contributed by atoms with Crippen molar-refractivity contribution in [2.75, 3.05) is 6.54 Å². The second-order valence-corrected chi connectivity index (χ2v) is 4.88. The maximum atomic E-state index is 8.80. The van der Waals surface area contributed by atoms with Crippen molar-refractivity contribution in [3.8, 4) is 11.8 Å². The quantitative estimate of drug-likeness (QED) is 0.889. The van der Waals surface area contributed by atoms with Crippen molar-refractivity contribution in [3.05, 3.63) is 58.4 Å². The molecule has 2 rings (SSSR count). The van der Waals surface area contributed by atoms with Gasteiger partial charge >= 0.3 is 0 Å². The predicted octanol–water partition coefficient (Wildman–Crippen LogP) is 3.30. The number of aromatic nitrogens is 1. The number of nitrogens with one attached hydrogen (secondary N) is 1. The molecular formula is C16H16ClN3O. The Morgan fingerprint density at radius 1 is 1.33 bits per heavy atom. The second kappa shape index (κ2) is 7.63. The SMILES string of the molecule is CCNCc1ccc(OCc2ccc(C#N)cc2Cl)cn1. The molecule has 0 radical (unpaired) electrons. The van der Waals surface area contributed by atoms with E-state index in [1.165, 1.54) is 0 Å². The van der Waals surface area contributed by atoms with Crippen LogP contribution in [-0.2, 0) is 13.2 Å². The Morgan fingerprint density at radius 2 is 2.19 bits per heavy atom. The van der Waals surface area contributed by atoms with E-state index in [0.29, 0.717) is 22.9 Å². The van der Waals surface area contributed by atoms with Crippen LogP contribution in [0.1, 0.15) is 23.7 Å². The van der Waals surface area contributed by atoms with Crippen LogP contribution in [-0.4, -0.2) is 11.5 Å². The second-order valence-electron chi connectivity index (χ2n) is 4.47. The van der Waals surface area contributed by atoms with Gasteiger partial charge in [-0.3, -0.25) is 4.98 Å². The molecule has 0 saturated carbocycles. The molecule has 1 aromatic heterocycles. The average molecular weight is 302 g/mol. The lowest BCUT2D eigenvalue weighted by molar-refractivity contribution is 0.305. The molecule has 0 aliphatic carbocycles. The Morgan fingerprint density at radius 3 is 2.81 bits per heavy atom. The predicted molar refractivity (Wildman–Crippen MR) is 82.1 cm³/mol. The first kappa shape index (κ1) is 15.3. The van der Waals surface area contributed by atoms with Gasteiger partial charge in [-0.05, 0) is 30.8 Å². The fraction of sp³-hybridized carbons (Fsp3) is 0.250. The third-order valence-electron chi connectivity index (χ3n) is 2.93. The zero-order valence-corrected chi connectivity index (χ0v) is 12.5. The minimum atomic E-state index is 0.346. The number of ether oxygens (including phenoxy) is 1. The van der Waals surface area contributed by atoms with Crippen LogP contribution in [0.2, 0.25) is 5.02 Å². The lowest BCUT2D eigenvalue weighted by Crippen LogP contribution is -2.12. The molecule has 1 heterocycles. The Kier molecular flexibility index (Phi) is 5.56. The number of hydrogen-bond acceptors (Lipinski definition) is 4. The van der Waals surface area contributed by atoms with Gasteiger partial charge in [0.2, 0.25) is 0 Å². The van der Waals surface area contributed by atoms with Crippen LogP contribution in [0.25, 0.3) is 0 Å². The highest BCUT2D eigenvalue weighted by atomic mass is 35.5. The Balaban J connectivity index is 1.95. The van der Waals surface area contributed by atoms with Crippen LogP contribution >= 0.6 is 11.6 Å². The summed E-state index contributed by atoms with van der Waals surface area (Å²) in [6.07, 6.45) is 1.70. The molecule has 0 aliphatic rings. The van der Waals surface area contributed by atoms with Gasteiger partial charge in [-0.25, -0.2) is 0 Å². The zero-order valence-electron chi connectivity index (χ0n) is 11.8. The molecule has 0 unspecified atom stereocenters. The van der Waals surface area contributed by atoms with Crippen molar-refractivity contribution in [2.45, 2.75) is 20.1 Å². The van der Waals surface area contributed by atoms with Crippen molar-refractivity contribution >= 4 is 11.6 Å². The molecule has 0 spiro atoms. The van der Waals surface area contributed by atoms with E-state index in [1.807, 2.05) is 12.1 Å². The molecule has 0 aliphatic heterocycles. The van der Waals surface area contributed by atoms with E-state index in [4.69, 9.17) is 21.6 Å². The summed E-state index contributed by atoms with van der Waals surface area (Å²) in [5, 5.41) is 12.5. The molecule has 1 N–H and O–H groups in total. The van der Waals surface area contributed by atoms with Crippen molar-refractivity contribution in [2.24, 2.45) is 0 Å². The van der Waals surface area contributed by atoms with Gasteiger partial charge in [0.25, 0.3) is 0 Å². The fourth-order valence-corrected chi connectivity index (χ4v) is 1.98. The number of halogens is 1. The van der Waals surface area contributed by atoms with Crippen molar-refractivity contribution < 1.29 is 4.74 Å². The normalized spacial score (nSPS) is 10.1. The van der Waals surface area contributed by atoms with Crippen LogP contribution in [0.5, 0.6) is 5.75 Å². The van der Waals surface area contributed by atoms with E-state index in [1.54, 1.807) is 24.4 Å². The maximum absolute atomic E-state index is 8.80. The zero-order chi connectivity index (χ0) is 15.1. The number of hydrogen-bond donors (Lipinski definition) is 1. The summed E-state index contributed by atoms with van der Waals surface area (Å²) in [7, 11) is 0. The van der Waals surface area contributed by atoms with E-state index in [2.05, 4.69) is 23.3 Å². The van der Waals surface area contributed by atoms with Gasteiger partial charge in [0, 0.05) is 17.1 Å². The number of nitrogens with zero attached hydrogens (tertiary/aromatic N) is 2. The van der Waals surface area contributed by atoms with Gasteiger partial charge in [-0.2, -0.15) is 5.26 Å². The smallest absolute Gasteiger partial charge is 0.138 e. The lowest BCUT2D eigenvalue weighted by Gasteiger charge is -2.08. The summed E-state index contributed by atoms with van der Waals surface area (Å²) >= 11 is 6.10. The van der Waals surface area contributed by atoms with E-state index in [9.17, 15) is 0 Å². The molecule has 2 aromatic rings. The molecule has 0 fully saturated rings. The van der Waals surface area contributed by atoms with Crippen molar-refractivity contribution in [3.63, 3.8) is 0 Å². The van der Waals surface area contributed by atoms with Crippen LogP contribution in [0.15, 0.2) is 36.5 Å². The molecule has 0 amide bonds. The van der Waals surface area contributed by atoms with Crippen LogP contribution in [0.3, 0.4) is 0 Å². The van der Waals surface area contributed by atoms with Crippen LogP contribution < -0.4 is 10.1 Å². The van der Waals surface area contributed by atoms with Crippen LogP contribution in [0, 0.1) is 11.3 Å². The minimum Gasteiger partial charge on any atom is -0.487 e. The first-order chi connectivity index (χ1) is 10.2. The van der Waals surface area contributed by atoms with Gasteiger partial charge < -0.3 is 10.1 Å². The molecule has 0 saturated heterocycles. The molecule has 4 nitrogen and oxygen atoms in total. The highest BCUT2D eigenvalue weighted by molar-refractivity contribution is 6.31. The molecule has 1 aromatic carbocycles. The van der Waals surface area contributed by atoms with E-state index >= 15 is 0 Å². The Bertz CT molecular complexity index is 635. The third kappa shape index (κ3) is 4.45. The molecule has 21 heavy (non-hydrogen) atoms. The molecule has 108 valence electrons. The average Bonchev–Trinajstić information content (AvgIpc) is 2.52.